The minimum atomic E-state index is -4.59. The molecular weight excluding hydrogens is 444 g/mol. The minimum Gasteiger partial charge on any atom is -0.507 e. The van der Waals surface area contributed by atoms with Crippen molar-refractivity contribution in [1.82, 2.24) is 10.2 Å². The van der Waals surface area contributed by atoms with Crippen LogP contribution in [0.5, 0.6) is 5.75 Å². The van der Waals surface area contributed by atoms with Crippen LogP contribution in [0, 0.1) is 0 Å². The van der Waals surface area contributed by atoms with Crippen molar-refractivity contribution >= 4 is 40.7 Å². The minimum absolute atomic E-state index is 0. The SMILES string of the molecule is C=CCC[C@@H](c1cc(Br)cc(C(F)(F)F)c1O)N1CCNCC1.Cl.Cl. The summed E-state index contributed by atoms with van der Waals surface area (Å²) >= 11 is 3.14. The van der Waals surface area contributed by atoms with Gasteiger partial charge in [0.15, 0.2) is 0 Å². The van der Waals surface area contributed by atoms with Crippen molar-refractivity contribution in [2.24, 2.45) is 0 Å². The number of allylic oxidation sites excluding steroid dienone is 1. The van der Waals surface area contributed by atoms with Gasteiger partial charge in [-0.3, -0.25) is 4.90 Å². The van der Waals surface area contributed by atoms with Gasteiger partial charge in [0.2, 0.25) is 0 Å². The van der Waals surface area contributed by atoms with Crippen LogP contribution in [0.2, 0.25) is 0 Å². The molecule has 25 heavy (non-hydrogen) atoms. The molecule has 0 unspecified atom stereocenters. The first kappa shape index (κ1) is 24.5. The van der Waals surface area contributed by atoms with Crippen LogP contribution in [0.3, 0.4) is 0 Å². The first-order valence-electron chi connectivity index (χ1n) is 7.50. The molecule has 2 N–H and O–H groups in total. The highest BCUT2D eigenvalue weighted by Crippen LogP contribution is 2.43. The van der Waals surface area contributed by atoms with Crippen LogP contribution in [0.15, 0.2) is 29.3 Å². The van der Waals surface area contributed by atoms with Crippen molar-refractivity contribution in [3.05, 3.63) is 40.4 Å². The molecule has 1 aliphatic rings. The van der Waals surface area contributed by atoms with E-state index in [1.54, 1.807) is 12.1 Å². The van der Waals surface area contributed by atoms with Crippen LogP contribution in [-0.4, -0.2) is 36.2 Å². The van der Waals surface area contributed by atoms with Gasteiger partial charge in [-0.05, 0) is 25.0 Å². The molecule has 1 heterocycles. The highest BCUT2D eigenvalue weighted by Gasteiger charge is 2.37. The molecule has 3 nitrogen and oxygen atoms in total. The molecule has 0 bridgehead atoms. The Labute approximate surface area is 166 Å². The Morgan fingerprint density at radius 2 is 1.88 bits per heavy atom. The van der Waals surface area contributed by atoms with Gasteiger partial charge in [-0.1, -0.05) is 22.0 Å². The topological polar surface area (TPSA) is 35.5 Å². The lowest BCUT2D eigenvalue weighted by Crippen LogP contribution is -2.45. The molecule has 0 amide bonds. The highest BCUT2D eigenvalue weighted by atomic mass is 79.9. The zero-order valence-corrected chi connectivity index (χ0v) is 16.7. The van der Waals surface area contributed by atoms with Gasteiger partial charge in [-0.2, -0.15) is 13.2 Å². The second-order valence-corrected chi connectivity index (χ2v) is 6.47. The number of benzene rings is 1. The third-order valence-corrected chi connectivity index (χ3v) is 4.46. The number of phenols is 1. The standard InChI is InChI=1S/C16H20BrF3N2O.2ClH/c1-2-3-4-14(22-7-5-21-6-8-22)12-9-11(17)10-13(15(12)23)16(18,19)20;;/h2,9-10,14,21,23H,1,3-8H2;2*1H/t14-;;/m0../s1. The molecule has 1 atom stereocenters. The van der Waals surface area contributed by atoms with Crippen molar-refractivity contribution < 1.29 is 18.3 Å². The summed E-state index contributed by atoms with van der Waals surface area (Å²) in [5.41, 5.74) is -0.684. The lowest BCUT2D eigenvalue weighted by atomic mass is 9.96. The summed E-state index contributed by atoms with van der Waals surface area (Å²) < 4.78 is 39.8. The molecule has 1 fully saturated rings. The molecule has 1 aromatic carbocycles. The predicted molar refractivity (Wildman–Crippen MR) is 102 cm³/mol. The summed E-state index contributed by atoms with van der Waals surface area (Å²) in [5.74, 6) is -0.673. The van der Waals surface area contributed by atoms with Gasteiger partial charge in [0.25, 0.3) is 0 Å². The van der Waals surface area contributed by atoms with Gasteiger partial charge in [-0.15, -0.1) is 31.4 Å². The van der Waals surface area contributed by atoms with Gasteiger partial charge in [0, 0.05) is 42.3 Å². The molecule has 144 valence electrons. The lowest BCUT2D eigenvalue weighted by molar-refractivity contribution is -0.138. The number of nitrogens with zero attached hydrogens (tertiary/aromatic N) is 1. The number of aromatic hydroxyl groups is 1. The van der Waals surface area contributed by atoms with E-state index < -0.39 is 17.5 Å². The Balaban J connectivity index is 0.00000288. The van der Waals surface area contributed by atoms with Crippen LogP contribution in [-0.2, 0) is 6.18 Å². The summed E-state index contributed by atoms with van der Waals surface area (Å²) in [5, 5.41) is 13.5. The number of halogens is 6. The fourth-order valence-corrected chi connectivity index (χ4v) is 3.37. The Morgan fingerprint density at radius 1 is 1.28 bits per heavy atom. The molecule has 2 rings (SSSR count). The first-order valence-corrected chi connectivity index (χ1v) is 8.29. The van der Waals surface area contributed by atoms with Crippen LogP contribution in [0.25, 0.3) is 0 Å². The molecule has 0 aromatic heterocycles. The van der Waals surface area contributed by atoms with Crippen molar-refractivity contribution in [2.75, 3.05) is 26.2 Å². The molecule has 0 saturated carbocycles. The monoisotopic (exact) mass is 464 g/mol. The molecule has 1 aromatic rings. The normalized spacial score (nSPS) is 16.5. The number of phenolic OH excluding ortho intramolecular Hbond substituents is 1. The summed E-state index contributed by atoms with van der Waals surface area (Å²) in [7, 11) is 0. The molecule has 0 radical (unpaired) electrons. The third-order valence-electron chi connectivity index (χ3n) is 4.01. The van der Waals surface area contributed by atoms with Crippen LogP contribution in [0.4, 0.5) is 13.2 Å². The van der Waals surface area contributed by atoms with Crippen LogP contribution >= 0.6 is 40.7 Å². The largest absolute Gasteiger partial charge is 0.507 e. The van der Waals surface area contributed by atoms with Crippen molar-refractivity contribution in [3.63, 3.8) is 0 Å². The van der Waals surface area contributed by atoms with E-state index in [1.165, 1.54) is 0 Å². The Kier molecular flexibility index (Phi) is 10.4. The molecule has 0 spiro atoms. The second kappa shape index (κ2) is 10.6. The Morgan fingerprint density at radius 3 is 2.40 bits per heavy atom. The fraction of sp³-hybridized carbons (Fsp3) is 0.500. The quantitative estimate of drug-likeness (QED) is 0.605. The number of nitrogens with one attached hydrogen (secondary N) is 1. The van der Waals surface area contributed by atoms with Crippen molar-refractivity contribution in [1.29, 1.82) is 0 Å². The van der Waals surface area contributed by atoms with E-state index in [0.29, 0.717) is 22.9 Å². The van der Waals surface area contributed by atoms with E-state index in [0.717, 1.165) is 32.2 Å². The van der Waals surface area contributed by atoms with Crippen LogP contribution < -0.4 is 5.32 Å². The second-order valence-electron chi connectivity index (χ2n) is 5.56. The van der Waals surface area contributed by atoms with E-state index >= 15 is 0 Å². The zero-order chi connectivity index (χ0) is 17.0. The summed E-state index contributed by atoms with van der Waals surface area (Å²) in [6.45, 7) is 6.71. The average Bonchev–Trinajstić information content (AvgIpc) is 2.50. The Bertz CT molecular complexity index is 567. The van der Waals surface area contributed by atoms with Gasteiger partial charge in [0.05, 0.1) is 5.56 Å². The maximum absolute atomic E-state index is 13.1. The maximum Gasteiger partial charge on any atom is 0.420 e. The van der Waals surface area contributed by atoms with Gasteiger partial charge in [-0.25, -0.2) is 0 Å². The number of hydrogen-bond acceptors (Lipinski definition) is 3. The Hall–Kier alpha value is -0.470. The molecule has 1 saturated heterocycles. The van der Waals surface area contributed by atoms with Crippen LogP contribution in [0.1, 0.15) is 30.0 Å². The number of piperazine rings is 1. The number of rotatable bonds is 5. The van der Waals surface area contributed by atoms with E-state index in [9.17, 15) is 18.3 Å². The summed E-state index contributed by atoms with van der Waals surface area (Å²) in [6.07, 6.45) is -1.56. The van der Waals surface area contributed by atoms with Gasteiger partial charge < -0.3 is 10.4 Å². The van der Waals surface area contributed by atoms with E-state index in [1.807, 2.05) is 0 Å². The third kappa shape index (κ3) is 6.32. The average molecular weight is 466 g/mol. The highest BCUT2D eigenvalue weighted by molar-refractivity contribution is 9.10. The molecular formula is C16H22BrCl2F3N2O. The van der Waals surface area contributed by atoms with Crippen molar-refractivity contribution in [2.45, 2.75) is 25.1 Å². The fourth-order valence-electron chi connectivity index (χ4n) is 2.89. The predicted octanol–water partition coefficient (Wildman–Crippen LogP) is 4.93. The maximum atomic E-state index is 13.1. The molecule has 0 aliphatic carbocycles. The zero-order valence-electron chi connectivity index (χ0n) is 13.5. The number of hydrogen-bond donors (Lipinski definition) is 2. The lowest BCUT2D eigenvalue weighted by Gasteiger charge is -2.36. The summed E-state index contributed by atoms with van der Waals surface area (Å²) in [6, 6.07) is 2.23. The van der Waals surface area contributed by atoms with Crippen molar-refractivity contribution in [3.8, 4) is 5.75 Å². The molecule has 1 aliphatic heterocycles. The molecule has 9 heteroatoms. The number of alkyl halides is 3. The van der Waals surface area contributed by atoms with E-state index in [4.69, 9.17) is 0 Å². The van der Waals surface area contributed by atoms with E-state index in [2.05, 4.69) is 32.7 Å². The smallest absolute Gasteiger partial charge is 0.420 e. The van der Waals surface area contributed by atoms with Gasteiger partial charge >= 0.3 is 6.18 Å². The van der Waals surface area contributed by atoms with Gasteiger partial charge in [0.1, 0.15) is 5.75 Å². The summed E-state index contributed by atoms with van der Waals surface area (Å²) in [4.78, 5) is 2.11. The first-order chi connectivity index (χ1) is 10.8. The van der Waals surface area contributed by atoms with E-state index in [-0.39, 0.29) is 30.9 Å².